The van der Waals surface area contributed by atoms with E-state index in [4.69, 9.17) is 5.73 Å². The Balaban J connectivity index is 1.65. The number of aromatic nitrogens is 1. The second-order valence-electron chi connectivity index (χ2n) is 7.05. The van der Waals surface area contributed by atoms with Gasteiger partial charge in [-0.25, -0.2) is 0 Å². The molecule has 6 nitrogen and oxygen atoms in total. The number of hydrogen-bond donors (Lipinski definition) is 2. The van der Waals surface area contributed by atoms with Gasteiger partial charge in [0.2, 0.25) is 5.91 Å². The number of amides is 2. The van der Waals surface area contributed by atoms with E-state index in [0.717, 1.165) is 16.8 Å². The van der Waals surface area contributed by atoms with E-state index in [1.54, 1.807) is 53.7 Å². The van der Waals surface area contributed by atoms with Gasteiger partial charge >= 0.3 is 0 Å². The van der Waals surface area contributed by atoms with E-state index < -0.39 is 6.04 Å². The molecule has 0 saturated carbocycles. The van der Waals surface area contributed by atoms with Gasteiger partial charge in [0.25, 0.3) is 5.91 Å². The quantitative estimate of drug-likeness (QED) is 0.623. The average Bonchev–Trinajstić information content (AvgIpc) is 2.76. The Bertz CT molecular complexity index is 1000. The third-order valence-corrected chi connectivity index (χ3v) is 4.96. The summed E-state index contributed by atoms with van der Waals surface area (Å²) in [5.74, 6) is -0.243. The number of anilines is 2. The normalized spacial score (nSPS) is 11.6. The largest absolute Gasteiger partial charge is 0.324 e. The molecule has 3 rings (SSSR count). The number of nitrogens with one attached hydrogen (secondary N) is 1. The number of aryl methyl sites for hydroxylation is 1. The predicted molar refractivity (Wildman–Crippen MR) is 119 cm³/mol. The molecule has 3 aromatic rings. The highest BCUT2D eigenvalue weighted by atomic mass is 16.2. The molecule has 0 spiro atoms. The zero-order chi connectivity index (χ0) is 21.5. The van der Waals surface area contributed by atoms with Crippen molar-refractivity contribution in [3.05, 3.63) is 89.7 Å². The van der Waals surface area contributed by atoms with Gasteiger partial charge in [0.1, 0.15) is 0 Å². The maximum Gasteiger partial charge on any atom is 0.255 e. The second-order valence-corrected chi connectivity index (χ2v) is 7.05. The number of carbonyl (C=O) groups is 2. The first-order chi connectivity index (χ1) is 14.5. The van der Waals surface area contributed by atoms with E-state index in [-0.39, 0.29) is 18.2 Å². The zero-order valence-corrected chi connectivity index (χ0v) is 17.2. The fraction of sp³-hybridized carbons (Fsp3) is 0.208. The summed E-state index contributed by atoms with van der Waals surface area (Å²) in [4.78, 5) is 30.9. The lowest BCUT2D eigenvalue weighted by Gasteiger charge is -2.24. The Kier molecular flexibility index (Phi) is 6.93. The predicted octanol–water partition coefficient (Wildman–Crippen LogP) is 4.09. The van der Waals surface area contributed by atoms with Crippen molar-refractivity contribution in [3.8, 4) is 0 Å². The van der Waals surface area contributed by atoms with Crippen LogP contribution in [0, 0.1) is 6.92 Å². The number of carbonyl (C=O) groups excluding carboxylic acids is 2. The molecule has 30 heavy (non-hydrogen) atoms. The van der Waals surface area contributed by atoms with Crippen molar-refractivity contribution in [3.63, 3.8) is 0 Å². The summed E-state index contributed by atoms with van der Waals surface area (Å²) in [5.41, 5.74) is 10.3. The molecule has 0 aliphatic carbocycles. The molecule has 6 heteroatoms. The van der Waals surface area contributed by atoms with Gasteiger partial charge in [0.15, 0.2) is 0 Å². The number of benzene rings is 2. The van der Waals surface area contributed by atoms with Crippen molar-refractivity contribution in [2.75, 3.05) is 16.8 Å². The van der Waals surface area contributed by atoms with Crippen molar-refractivity contribution >= 4 is 23.2 Å². The van der Waals surface area contributed by atoms with Crippen LogP contribution < -0.4 is 16.0 Å². The smallest absolute Gasteiger partial charge is 0.255 e. The lowest BCUT2D eigenvalue weighted by atomic mass is 10.0. The highest BCUT2D eigenvalue weighted by Crippen LogP contribution is 2.23. The highest BCUT2D eigenvalue weighted by molar-refractivity contribution is 6.04. The molecule has 3 N–H and O–H groups in total. The Morgan fingerprint density at radius 3 is 2.33 bits per heavy atom. The van der Waals surface area contributed by atoms with Gasteiger partial charge in [0, 0.05) is 48.3 Å². The average molecular weight is 402 g/mol. The summed E-state index contributed by atoms with van der Waals surface area (Å²) in [6.45, 7) is 4.51. The van der Waals surface area contributed by atoms with Crippen LogP contribution >= 0.6 is 0 Å². The van der Waals surface area contributed by atoms with Crippen molar-refractivity contribution in [1.29, 1.82) is 0 Å². The number of para-hydroxylation sites is 1. The molecule has 0 radical (unpaired) electrons. The highest BCUT2D eigenvalue weighted by Gasteiger charge is 2.19. The standard InChI is InChI=1S/C24H26N4O2/c1-3-28(22-7-5-4-6-17(22)2)23(29)16-21(25)18-8-10-19(11-9-18)24(30)27-20-12-14-26-15-13-20/h4-15,21H,3,16,25H2,1-2H3,(H,26,27,30). The number of hydrogen-bond acceptors (Lipinski definition) is 4. The third-order valence-electron chi connectivity index (χ3n) is 4.96. The van der Waals surface area contributed by atoms with Crippen LogP contribution in [0.15, 0.2) is 73.1 Å². The maximum atomic E-state index is 12.9. The minimum atomic E-state index is -0.451. The van der Waals surface area contributed by atoms with Crippen LogP contribution in [-0.2, 0) is 4.79 Å². The number of nitrogens with two attached hydrogens (primary N) is 1. The minimum Gasteiger partial charge on any atom is -0.324 e. The van der Waals surface area contributed by atoms with E-state index >= 15 is 0 Å². The van der Waals surface area contributed by atoms with E-state index in [9.17, 15) is 9.59 Å². The molecular formula is C24H26N4O2. The van der Waals surface area contributed by atoms with Crippen molar-refractivity contribution < 1.29 is 9.59 Å². The second kappa shape index (κ2) is 9.80. The van der Waals surface area contributed by atoms with Crippen LogP contribution in [0.25, 0.3) is 0 Å². The molecule has 2 aromatic carbocycles. The molecule has 0 saturated heterocycles. The van der Waals surface area contributed by atoms with Gasteiger partial charge in [-0.15, -0.1) is 0 Å². The summed E-state index contributed by atoms with van der Waals surface area (Å²) in [7, 11) is 0. The number of rotatable bonds is 7. The van der Waals surface area contributed by atoms with Gasteiger partial charge in [-0.1, -0.05) is 30.3 Å². The summed E-state index contributed by atoms with van der Waals surface area (Å²) < 4.78 is 0. The van der Waals surface area contributed by atoms with Gasteiger partial charge in [-0.3, -0.25) is 14.6 Å². The van der Waals surface area contributed by atoms with Gasteiger partial charge < -0.3 is 16.0 Å². The van der Waals surface area contributed by atoms with Crippen molar-refractivity contribution in [2.45, 2.75) is 26.3 Å². The van der Waals surface area contributed by atoms with E-state index in [0.29, 0.717) is 17.8 Å². The molecule has 0 fully saturated rings. The lowest BCUT2D eigenvalue weighted by Crippen LogP contribution is -2.33. The Labute approximate surface area is 176 Å². The summed E-state index contributed by atoms with van der Waals surface area (Å²) >= 11 is 0. The van der Waals surface area contributed by atoms with Crippen LogP contribution in [0.5, 0.6) is 0 Å². The topological polar surface area (TPSA) is 88.3 Å². The zero-order valence-electron chi connectivity index (χ0n) is 17.2. The van der Waals surface area contributed by atoms with Crippen LogP contribution in [0.1, 0.15) is 40.9 Å². The fourth-order valence-electron chi connectivity index (χ4n) is 3.28. The molecule has 1 unspecified atom stereocenters. The van der Waals surface area contributed by atoms with Gasteiger partial charge in [0.05, 0.1) is 0 Å². The lowest BCUT2D eigenvalue weighted by molar-refractivity contribution is -0.118. The van der Waals surface area contributed by atoms with Crippen LogP contribution in [0.4, 0.5) is 11.4 Å². The molecule has 2 amide bonds. The third kappa shape index (κ3) is 5.10. The van der Waals surface area contributed by atoms with Gasteiger partial charge in [-0.05, 0) is 55.3 Å². The molecular weight excluding hydrogens is 376 g/mol. The first-order valence-electron chi connectivity index (χ1n) is 9.92. The summed E-state index contributed by atoms with van der Waals surface area (Å²) in [6, 6.07) is 17.8. The maximum absolute atomic E-state index is 12.9. The van der Waals surface area contributed by atoms with E-state index in [1.807, 2.05) is 38.1 Å². The Hall–Kier alpha value is -3.51. The van der Waals surface area contributed by atoms with Crippen molar-refractivity contribution in [2.24, 2.45) is 5.73 Å². The number of pyridine rings is 1. The molecule has 0 aliphatic rings. The monoisotopic (exact) mass is 402 g/mol. The minimum absolute atomic E-state index is 0.0289. The van der Waals surface area contributed by atoms with Gasteiger partial charge in [-0.2, -0.15) is 0 Å². The fourth-order valence-corrected chi connectivity index (χ4v) is 3.28. The van der Waals surface area contributed by atoms with Crippen LogP contribution in [0.3, 0.4) is 0 Å². The molecule has 0 aliphatic heterocycles. The SMILES string of the molecule is CCN(C(=O)CC(N)c1ccc(C(=O)Nc2ccncc2)cc1)c1ccccc1C. The first-order valence-corrected chi connectivity index (χ1v) is 9.92. The first kappa shape index (κ1) is 21.2. The molecule has 1 atom stereocenters. The van der Waals surface area contributed by atoms with Crippen molar-refractivity contribution in [1.82, 2.24) is 4.98 Å². The van der Waals surface area contributed by atoms with Crippen LogP contribution in [0.2, 0.25) is 0 Å². The molecule has 154 valence electrons. The molecule has 1 aromatic heterocycles. The summed E-state index contributed by atoms with van der Waals surface area (Å²) in [5, 5.41) is 2.81. The Morgan fingerprint density at radius 1 is 1.03 bits per heavy atom. The molecule has 0 bridgehead atoms. The Morgan fingerprint density at radius 2 is 1.70 bits per heavy atom. The number of nitrogens with zero attached hydrogens (tertiary/aromatic N) is 2. The van der Waals surface area contributed by atoms with E-state index in [2.05, 4.69) is 10.3 Å². The molecule has 1 heterocycles. The summed E-state index contributed by atoms with van der Waals surface area (Å²) in [6.07, 6.45) is 3.42. The van der Waals surface area contributed by atoms with E-state index in [1.165, 1.54) is 0 Å². The van der Waals surface area contributed by atoms with Crippen LogP contribution in [-0.4, -0.2) is 23.3 Å².